The molecule has 0 atom stereocenters. The van der Waals surface area contributed by atoms with E-state index >= 15 is 0 Å². The third kappa shape index (κ3) is 8.93. The molecule has 8 nitrogen and oxygen atoms in total. The van der Waals surface area contributed by atoms with Crippen molar-refractivity contribution in [2.45, 2.75) is 78.3 Å². The van der Waals surface area contributed by atoms with Crippen molar-refractivity contribution in [3.05, 3.63) is 152 Å². The van der Waals surface area contributed by atoms with Crippen LogP contribution < -0.4 is 10.2 Å². The molecule has 284 valence electrons. The van der Waals surface area contributed by atoms with Gasteiger partial charge in [0.2, 0.25) is 0 Å². The number of nitrogens with zero attached hydrogens (tertiary/aromatic N) is 8. The molecule has 8 rings (SSSR count). The van der Waals surface area contributed by atoms with Crippen LogP contribution in [0.15, 0.2) is 109 Å². The Kier molecular flexibility index (Phi) is 12.8. The topological polar surface area (TPSA) is 73.7 Å². The van der Waals surface area contributed by atoms with Crippen molar-refractivity contribution >= 4 is 22.1 Å². The van der Waals surface area contributed by atoms with E-state index in [1.807, 2.05) is 38.1 Å². The number of para-hydroxylation sites is 6. The van der Waals surface area contributed by atoms with Gasteiger partial charge in [-0.15, -0.1) is 0 Å². The zero-order valence-corrected chi connectivity index (χ0v) is 35.2. The van der Waals surface area contributed by atoms with E-state index in [1.54, 1.807) is 0 Å². The van der Waals surface area contributed by atoms with Crippen molar-refractivity contribution in [2.75, 3.05) is 0 Å². The number of unbranched alkanes of at least 4 members (excludes halogenated alkanes) is 4. The first-order valence-corrected chi connectivity index (χ1v) is 20.9. The average Bonchev–Trinajstić information content (AvgIpc) is 3.95. The summed E-state index contributed by atoms with van der Waals surface area (Å²) in [4.78, 5) is 0. The molecule has 0 saturated heterocycles. The Balaban J connectivity index is 0.000000167. The summed E-state index contributed by atoms with van der Waals surface area (Å²) in [6.07, 6.45) is 9.02. The summed E-state index contributed by atoms with van der Waals surface area (Å²) in [5.41, 5.74) is 11.4. The van der Waals surface area contributed by atoms with Crippen LogP contribution in [0.3, 0.4) is 0 Å². The second kappa shape index (κ2) is 18.3. The number of fused-ring (bicyclic) bond motifs is 2. The van der Waals surface area contributed by atoms with E-state index in [1.165, 1.54) is 42.5 Å². The normalized spacial score (nSPS) is 11.4. The minimum absolute atomic E-state index is 1.01. The van der Waals surface area contributed by atoms with Gasteiger partial charge in [-0.2, -0.15) is 0 Å². The van der Waals surface area contributed by atoms with E-state index in [0.717, 1.165) is 85.8 Å². The van der Waals surface area contributed by atoms with Gasteiger partial charge in [-0.1, -0.05) is 0 Å². The van der Waals surface area contributed by atoms with Crippen LogP contribution >= 0.6 is 0 Å². The summed E-state index contributed by atoms with van der Waals surface area (Å²) in [5.74, 6) is 0. The van der Waals surface area contributed by atoms with Gasteiger partial charge >= 0.3 is 341 Å². The number of hydrogen-bond acceptors (Lipinski definition) is 2. The van der Waals surface area contributed by atoms with Crippen molar-refractivity contribution in [3.63, 3.8) is 0 Å². The summed E-state index contributed by atoms with van der Waals surface area (Å²) in [5, 5.41) is 16.6. The Morgan fingerprint density at radius 1 is 0.519 bits per heavy atom. The summed E-state index contributed by atoms with van der Waals surface area (Å²) in [6.45, 7) is 6.03. The number of hydrogen-bond donors (Lipinski definition) is 0. The molecule has 0 N–H and O–H groups in total. The molecule has 0 unspecified atom stereocenters. The Morgan fingerprint density at radius 3 is 1.30 bits per heavy atom. The van der Waals surface area contributed by atoms with Gasteiger partial charge < -0.3 is 0 Å². The molecule has 0 saturated carbocycles. The van der Waals surface area contributed by atoms with Crippen LogP contribution in [-0.2, 0) is 64.6 Å². The Bertz CT molecular complexity index is 2350. The monoisotopic (exact) mass is 1070 g/mol. The second-order valence-corrected chi connectivity index (χ2v) is 15.5. The fraction of sp³-hybridized carbons (Fsp3) is 0.273. The second-order valence-electron chi connectivity index (χ2n) is 13.5. The quantitative estimate of drug-likeness (QED) is 0.0808. The number of imidazole rings is 2. The van der Waals surface area contributed by atoms with E-state index in [-0.39, 0.29) is 0 Å². The van der Waals surface area contributed by atoms with Crippen molar-refractivity contribution in [3.8, 4) is 11.4 Å². The molecule has 0 amide bonds. The van der Waals surface area contributed by atoms with Gasteiger partial charge in [-0.25, -0.2) is 0 Å². The predicted molar refractivity (Wildman–Crippen MR) is 206 cm³/mol. The fourth-order valence-corrected chi connectivity index (χ4v) is 9.06. The molecule has 0 bridgehead atoms. The zero-order valence-electron chi connectivity index (χ0n) is 30.7. The predicted octanol–water partition coefficient (Wildman–Crippen LogP) is 8.77. The molecule has 4 aromatic carbocycles. The first-order valence-electron chi connectivity index (χ1n) is 18.7. The Labute approximate surface area is 338 Å². The van der Waals surface area contributed by atoms with Crippen molar-refractivity contribution in [1.82, 2.24) is 38.7 Å². The van der Waals surface area contributed by atoms with E-state index in [4.69, 9.17) is 0 Å². The summed E-state index contributed by atoms with van der Waals surface area (Å²) >= 11 is 4.88. The molecule has 0 aliphatic rings. The third-order valence-electron chi connectivity index (χ3n) is 9.50. The molecule has 54 heavy (non-hydrogen) atoms. The number of rotatable bonds is 14. The zero-order chi connectivity index (χ0) is 37.3. The fourth-order valence-electron chi connectivity index (χ4n) is 6.91. The van der Waals surface area contributed by atoms with Gasteiger partial charge in [0.05, 0.1) is 0 Å². The molecular formula is C44H44N8Pt2-4. The Hall–Kier alpha value is -4.38. The molecule has 0 spiro atoms. The van der Waals surface area contributed by atoms with E-state index in [9.17, 15) is 0 Å². The average molecular weight is 1080 g/mol. The van der Waals surface area contributed by atoms with Crippen molar-refractivity contribution in [2.24, 2.45) is 0 Å². The number of aromatic nitrogens is 8. The van der Waals surface area contributed by atoms with E-state index in [2.05, 4.69) is 174 Å². The molecule has 0 aliphatic heterocycles. The van der Waals surface area contributed by atoms with Gasteiger partial charge in [0, 0.05) is 0 Å². The van der Waals surface area contributed by atoms with Crippen molar-refractivity contribution < 1.29 is 38.7 Å². The maximum absolute atomic E-state index is 4.20. The summed E-state index contributed by atoms with van der Waals surface area (Å²) in [6, 6.07) is 44.4. The first kappa shape index (κ1) is 37.9. The molecule has 0 aliphatic carbocycles. The van der Waals surface area contributed by atoms with Crippen LogP contribution in [0.5, 0.6) is 0 Å². The van der Waals surface area contributed by atoms with Gasteiger partial charge in [-0.3, -0.25) is 0 Å². The maximum atomic E-state index is 4.20. The summed E-state index contributed by atoms with van der Waals surface area (Å²) in [7, 11) is 0. The number of aryl methyl sites for hydroxylation is 6. The molecule has 4 aromatic heterocycles. The van der Waals surface area contributed by atoms with E-state index < -0.39 is 0 Å². The van der Waals surface area contributed by atoms with E-state index in [0.29, 0.717) is 0 Å². The molecule has 4 heterocycles. The molecule has 10 heteroatoms. The van der Waals surface area contributed by atoms with Gasteiger partial charge in [0.25, 0.3) is 0 Å². The molecular weight excluding hydrogens is 1030 g/mol. The standard InChI is InChI=1S/2C22H22N4.2Pt/c2*1-18-16-19(24-23-18)10-4-3-9-15-25-17-26(20-11-5-2-6-12-20)22-14-8-7-13-21(22)25;;/h2*2,5-8,11,13-14,16H,3-4,9-10,15H2,1H3;;/q2*-2;;. The van der Waals surface area contributed by atoms with Crippen LogP contribution in [0.25, 0.3) is 33.4 Å². The molecule has 0 radical (unpaired) electrons. The summed E-state index contributed by atoms with van der Waals surface area (Å²) < 4.78 is 11.9. The molecule has 8 aromatic rings. The van der Waals surface area contributed by atoms with Crippen LogP contribution in [-0.4, -0.2) is 28.5 Å². The van der Waals surface area contributed by atoms with Crippen LogP contribution in [0.4, 0.5) is 0 Å². The first-order chi connectivity index (χ1) is 26.5. The molecule has 0 fully saturated rings. The Morgan fingerprint density at radius 2 is 0.926 bits per heavy atom. The van der Waals surface area contributed by atoms with Crippen LogP contribution in [0, 0.1) is 33.6 Å². The third-order valence-corrected chi connectivity index (χ3v) is 11.7. The minimum atomic E-state index is 1.01. The van der Waals surface area contributed by atoms with Crippen LogP contribution in [0.2, 0.25) is 0 Å². The van der Waals surface area contributed by atoms with Crippen LogP contribution in [0.1, 0.15) is 61.3 Å². The SMILES string of the molecule is Cc1cc(CCCCCn2[c](=[Pt])n(-c3[c-]cccc3)c3ccccc32)n[n-]1.Cc1cc(CCCCCn2[c](=[Pt])n(-c3[c-]cccc3)c3ccccc32)n[n-]1. The van der Waals surface area contributed by atoms with Gasteiger partial charge in [0.15, 0.2) is 0 Å². The number of benzene rings is 4. The van der Waals surface area contributed by atoms with Crippen molar-refractivity contribution in [1.29, 1.82) is 0 Å². The van der Waals surface area contributed by atoms with Gasteiger partial charge in [0.1, 0.15) is 0 Å². The van der Waals surface area contributed by atoms with Gasteiger partial charge in [-0.05, 0) is 0 Å².